The maximum absolute atomic E-state index is 5.59. The minimum Gasteiger partial charge on any atom is -0.382 e. The summed E-state index contributed by atoms with van der Waals surface area (Å²) in [4.78, 5) is 11.3. The summed E-state index contributed by atoms with van der Waals surface area (Å²) < 4.78 is 0. The van der Waals surface area contributed by atoms with Crippen LogP contribution in [0.2, 0.25) is 0 Å². The number of anilines is 2. The molecule has 1 fully saturated rings. The molecule has 2 N–H and O–H groups in total. The molecule has 1 unspecified atom stereocenters. The van der Waals surface area contributed by atoms with E-state index in [4.69, 9.17) is 5.73 Å². The van der Waals surface area contributed by atoms with E-state index >= 15 is 0 Å². The largest absolute Gasteiger partial charge is 0.382 e. The van der Waals surface area contributed by atoms with Crippen molar-refractivity contribution in [3.05, 3.63) is 35.4 Å². The third-order valence-corrected chi connectivity index (χ3v) is 4.03. The molecule has 22 heavy (non-hydrogen) atoms. The molecule has 2 aromatic rings. The van der Waals surface area contributed by atoms with Gasteiger partial charge in [0.25, 0.3) is 0 Å². The maximum Gasteiger partial charge on any atom is 0.146 e. The van der Waals surface area contributed by atoms with Gasteiger partial charge in [0.15, 0.2) is 0 Å². The van der Waals surface area contributed by atoms with Gasteiger partial charge in [-0.25, -0.2) is 9.97 Å². The van der Waals surface area contributed by atoms with Crippen LogP contribution in [0.5, 0.6) is 0 Å². The number of aryl methyl sites for hydroxylation is 2. The molecule has 6 heteroatoms. The number of hydrogen-bond donors (Lipinski definition) is 1. The average molecular weight is 298 g/mol. The monoisotopic (exact) mass is 298 g/mol. The Hall–Kier alpha value is -2.24. The summed E-state index contributed by atoms with van der Waals surface area (Å²) >= 11 is 0. The molecule has 0 bridgehead atoms. The van der Waals surface area contributed by atoms with Crippen molar-refractivity contribution in [1.82, 2.24) is 20.2 Å². The standard InChI is InChI=1S/C16H22N6/c1-11-8-16(19-12(2)18-11)22-7-3-4-13(10-22)9-14-5-6-15(17)21-20-14/h5-6,8,13H,3-4,7,9-10H2,1-2H3,(H2,17,21). The first-order chi connectivity index (χ1) is 10.6. The Labute approximate surface area is 130 Å². The van der Waals surface area contributed by atoms with Gasteiger partial charge in [0, 0.05) is 24.8 Å². The van der Waals surface area contributed by atoms with Gasteiger partial charge in [0.1, 0.15) is 17.5 Å². The predicted molar refractivity (Wildman–Crippen MR) is 86.6 cm³/mol. The summed E-state index contributed by atoms with van der Waals surface area (Å²) in [6, 6.07) is 5.86. The van der Waals surface area contributed by atoms with Crippen LogP contribution in [-0.4, -0.2) is 33.3 Å². The van der Waals surface area contributed by atoms with Crippen LogP contribution in [0.4, 0.5) is 11.6 Å². The second-order valence-corrected chi connectivity index (χ2v) is 6.02. The normalized spacial score (nSPS) is 18.5. The van der Waals surface area contributed by atoms with Crippen molar-refractivity contribution in [3.8, 4) is 0 Å². The highest BCUT2D eigenvalue weighted by Gasteiger charge is 2.22. The second-order valence-electron chi connectivity index (χ2n) is 6.02. The summed E-state index contributed by atoms with van der Waals surface area (Å²) in [5.74, 6) is 2.92. The predicted octanol–water partition coefficient (Wildman–Crippen LogP) is 1.92. The van der Waals surface area contributed by atoms with Crippen LogP contribution in [-0.2, 0) is 6.42 Å². The number of piperidine rings is 1. The molecular weight excluding hydrogens is 276 g/mol. The van der Waals surface area contributed by atoms with Crippen molar-refractivity contribution in [3.63, 3.8) is 0 Å². The number of aromatic nitrogens is 4. The van der Waals surface area contributed by atoms with E-state index in [0.717, 1.165) is 42.5 Å². The maximum atomic E-state index is 5.59. The lowest BCUT2D eigenvalue weighted by atomic mass is 9.93. The van der Waals surface area contributed by atoms with Gasteiger partial charge in [-0.05, 0) is 51.2 Å². The van der Waals surface area contributed by atoms with Gasteiger partial charge in [0.2, 0.25) is 0 Å². The van der Waals surface area contributed by atoms with Crippen LogP contribution < -0.4 is 10.6 Å². The lowest BCUT2D eigenvalue weighted by molar-refractivity contribution is 0.407. The summed E-state index contributed by atoms with van der Waals surface area (Å²) in [6.45, 7) is 6.02. The average Bonchev–Trinajstić information content (AvgIpc) is 2.49. The smallest absolute Gasteiger partial charge is 0.146 e. The van der Waals surface area contributed by atoms with E-state index in [-0.39, 0.29) is 0 Å². The Bertz CT molecular complexity index is 619. The lowest BCUT2D eigenvalue weighted by Gasteiger charge is -2.33. The topological polar surface area (TPSA) is 80.8 Å². The van der Waals surface area contributed by atoms with E-state index in [1.54, 1.807) is 0 Å². The number of hydrogen-bond acceptors (Lipinski definition) is 6. The molecule has 1 atom stereocenters. The highest BCUT2D eigenvalue weighted by atomic mass is 15.2. The zero-order valence-electron chi connectivity index (χ0n) is 13.2. The summed E-state index contributed by atoms with van der Waals surface area (Å²) in [6.07, 6.45) is 3.33. The quantitative estimate of drug-likeness (QED) is 0.932. The van der Waals surface area contributed by atoms with Crippen molar-refractivity contribution in [2.75, 3.05) is 23.7 Å². The fourth-order valence-corrected chi connectivity index (χ4v) is 3.07. The molecule has 1 aliphatic rings. The molecule has 1 saturated heterocycles. The Kier molecular flexibility index (Phi) is 4.18. The molecule has 0 aromatic carbocycles. The van der Waals surface area contributed by atoms with E-state index < -0.39 is 0 Å². The highest BCUT2D eigenvalue weighted by molar-refractivity contribution is 5.40. The van der Waals surface area contributed by atoms with Crippen LogP contribution in [0.3, 0.4) is 0 Å². The van der Waals surface area contributed by atoms with E-state index in [1.807, 2.05) is 26.0 Å². The SMILES string of the molecule is Cc1cc(N2CCCC(Cc3ccc(N)nn3)C2)nc(C)n1. The van der Waals surface area contributed by atoms with Crippen LogP contribution in [0, 0.1) is 19.8 Å². The van der Waals surface area contributed by atoms with Crippen LogP contribution in [0.1, 0.15) is 30.1 Å². The van der Waals surface area contributed by atoms with Crippen molar-refractivity contribution in [1.29, 1.82) is 0 Å². The number of nitrogen functional groups attached to an aromatic ring is 1. The molecule has 0 saturated carbocycles. The van der Waals surface area contributed by atoms with Gasteiger partial charge in [-0.15, -0.1) is 5.10 Å². The van der Waals surface area contributed by atoms with E-state index in [1.165, 1.54) is 12.8 Å². The Morgan fingerprint density at radius 3 is 2.82 bits per heavy atom. The summed E-state index contributed by atoms with van der Waals surface area (Å²) in [5.41, 5.74) is 7.62. The van der Waals surface area contributed by atoms with Crippen LogP contribution in [0.25, 0.3) is 0 Å². The minimum atomic E-state index is 0.473. The molecule has 2 aromatic heterocycles. The Balaban J connectivity index is 1.69. The Morgan fingerprint density at radius 2 is 2.09 bits per heavy atom. The molecule has 0 aliphatic carbocycles. The number of rotatable bonds is 3. The number of nitrogens with zero attached hydrogens (tertiary/aromatic N) is 5. The van der Waals surface area contributed by atoms with Crippen molar-refractivity contribution < 1.29 is 0 Å². The van der Waals surface area contributed by atoms with E-state index in [2.05, 4.69) is 31.1 Å². The molecule has 0 spiro atoms. The first-order valence-electron chi connectivity index (χ1n) is 7.75. The fourth-order valence-electron chi connectivity index (χ4n) is 3.07. The molecule has 0 radical (unpaired) electrons. The third kappa shape index (κ3) is 3.50. The minimum absolute atomic E-state index is 0.473. The van der Waals surface area contributed by atoms with Gasteiger partial charge in [0.05, 0.1) is 5.69 Å². The summed E-state index contributed by atoms with van der Waals surface area (Å²) in [5, 5.41) is 8.12. The van der Waals surface area contributed by atoms with Gasteiger partial charge < -0.3 is 10.6 Å². The first-order valence-corrected chi connectivity index (χ1v) is 7.75. The summed E-state index contributed by atoms with van der Waals surface area (Å²) in [7, 11) is 0. The van der Waals surface area contributed by atoms with Crippen molar-refractivity contribution in [2.24, 2.45) is 5.92 Å². The molecule has 0 amide bonds. The zero-order valence-corrected chi connectivity index (χ0v) is 13.2. The van der Waals surface area contributed by atoms with Gasteiger partial charge in [-0.2, -0.15) is 5.10 Å². The van der Waals surface area contributed by atoms with Gasteiger partial charge in [-0.1, -0.05) is 0 Å². The van der Waals surface area contributed by atoms with Gasteiger partial charge in [-0.3, -0.25) is 0 Å². The molecule has 1 aliphatic heterocycles. The van der Waals surface area contributed by atoms with Crippen molar-refractivity contribution in [2.45, 2.75) is 33.1 Å². The molecular formula is C16H22N6. The third-order valence-electron chi connectivity index (χ3n) is 4.03. The molecule has 3 rings (SSSR count). The van der Waals surface area contributed by atoms with Crippen molar-refractivity contribution >= 4 is 11.6 Å². The molecule has 6 nitrogen and oxygen atoms in total. The van der Waals surface area contributed by atoms with Gasteiger partial charge >= 0.3 is 0 Å². The lowest BCUT2D eigenvalue weighted by Crippen LogP contribution is -2.37. The van der Waals surface area contributed by atoms with E-state index in [0.29, 0.717) is 11.7 Å². The van der Waals surface area contributed by atoms with Crippen LogP contribution in [0.15, 0.2) is 18.2 Å². The Morgan fingerprint density at radius 1 is 1.23 bits per heavy atom. The fraction of sp³-hybridized carbons (Fsp3) is 0.500. The second kappa shape index (κ2) is 6.25. The first kappa shape index (κ1) is 14.7. The van der Waals surface area contributed by atoms with Crippen LogP contribution >= 0.6 is 0 Å². The highest BCUT2D eigenvalue weighted by Crippen LogP contribution is 2.24. The zero-order chi connectivity index (χ0) is 15.5. The number of nitrogens with two attached hydrogens (primary N) is 1. The molecule has 3 heterocycles. The van der Waals surface area contributed by atoms with E-state index in [9.17, 15) is 0 Å². The molecule has 116 valence electrons.